The summed E-state index contributed by atoms with van der Waals surface area (Å²) in [5, 5.41) is 0. The third-order valence-corrected chi connectivity index (χ3v) is 4.33. The Morgan fingerprint density at radius 2 is 1.75 bits per heavy atom. The molecular weight excluding hydrogens is 440 g/mol. The van der Waals surface area contributed by atoms with Gasteiger partial charge in [0.1, 0.15) is 5.75 Å². The van der Waals surface area contributed by atoms with Crippen molar-refractivity contribution in [3.8, 4) is 5.75 Å². The Labute approximate surface area is 157 Å². The Hall–Kier alpha value is -1.86. The van der Waals surface area contributed by atoms with E-state index in [2.05, 4.69) is 49.6 Å². The van der Waals surface area contributed by atoms with Crippen LogP contribution in [0.1, 0.15) is 22.8 Å². The topological polar surface area (TPSA) is 67.4 Å². The molecular formula is C17H16Br2N2O3. The molecule has 0 saturated carbocycles. The molecule has 5 nitrogen and oxygen atoms in total. The van der Waals surface area contributed by atoms with Gasteiger partial charge in [0.05, 0.1) is 4.47 Å². The zero-order valence-electron chi connectivity index (χ0n) is 12.9. The highest BCUT2D eigenvalue weighted by atomic mass is 79.9. The third-order valence-electron chi connectivity index (χ3n) is 3.19. The lowest BCUT2D eigenvalue weighted by molar-refractivity contribution is -0.123. The van der Waals surface area contributed by atoms with Gasteiger partial charge in [-0.05, 0) is 64.3 Å². The predicted molar refractivity (Wildman–Crippen MR) is 98.8 cm³/mol. The summed E-state index contributed by atoms with van der Waals surface area (Å²) in [4.78, 5) is 23.6. The van der Waals surface area contributed by atoms with Gasteiger partial charge in [0.2, 0.25) is 0 Å². The lowest BCUT2D eigenvalue weighted by Gasteiger charge is -2.10. The van der Waals surface area contributed by atoms with Crippen molar-refractivity contribution in [2.45, 2.75) is 13.3 Å². The van der Waals surface area contributed by atoms with Crippen molar-refractivity contribution in [3.05, 3.63) is 62.5 Å². The van der Waals surface area contributed by atoms with Crippen LogP contribution in [0.2, 0.25) is 0 Å². The number of ether oxygens (including phenoxy) is 1. The van der Waals surface area contributed by atoms with Crippen molar-refractivity contribution in [1.29, 1.82) is 0 Å². The molecule has 0 heterocycles. The molecule has 0 fully saturated rings. The highest BCUT2D eigenvalue weighted by Crippen LogP contribution is 2.26. The van der Waals surface area contributed by atoms with Gasteiger partial charge in [0, 0.05) is 10.0 Å². The van der Waals surface area contributed by atoms with E-state index in [9.17, 15) is 9.59 Å². The summed E-state index contributed by atoms with van der Waals surface area (Å²) in [6.07, 6.45) is 0.918. The molecule has 24 heavy (non-hydrogen) atoms. The normalized spacial score (nSPS) is 10.1. The molecule has 0 aliphatic carbocycles. The van der Waals surface area contributed by atoms with Crippen LogP contribution in [0, 0.1) is 0 Å². The van der Waals surface area contributed by atoms with Gasteiger partial charge in [0.15, 0.2) is 6.61 Å². The smallest absolute Gasteiger partial charge is 0.276 e. The Morgan fingerprint density at radius 3 is 2.38 bits per heavy atom. The molecule has 0 aliphatic rings. The van der Waals surface area contributed by atoms with E-state index < -0.39 is 11.8 Å². The number of hydrazine groups is 1. The minimum atomic E-state index is -0.452. The van der Waals surface area contributed by atoms with E-state index in [0.717, 1.165) is 15.4 Å². The summed E-state index contributed by atoms with van der Waals surface area (Å²) in [6.45, 7) is 1.86. The monoisotopic (exact) mass is 454 g/mol. The van der Waals surface area contributed by atoms with E-state index in [4.69, 9.17) is 4.74 Å². The summed E-state index contributed by atoms with van der Waals surface area (Å²) >= 11 is 6.70. The third kappa shape index (κ3) is 5.35. The van der Waals surface area contributed by atoms with Gasteiger partial charge in [-0.2, -0.15) is 0 Å². The first-order valence-corrected chi connectivity index (χ1v) is 8.84. The second-order valence-electron chi connectivity index (χ2n) is 4.92. The molecule has 0 aliphatic heterocycles. The number of aryl methyl sites for hydroxylation is 1. The van der Waals surface area contributed by atoms with Crippen LogP contribution in [0.3, 0.4) is 0 Å². The molecule has 2 aromatic rings. The number of carbonyl (C=O) groups is 2. The number of carbonyl (C=O) groups excluding carboxylic acids is 2. The number of amides is 2. The number of hydrogen-bond acceptors (Lipinski definition) is 3. The average molecular weight is 456 g/mol. The summed E-state index contributed by atoms with van der Waals surface area (Å²) in [5.74, 6) is -0.280. The van der Waals surface area contributed by atoms with E-state index in [0.29, 0.717) is 11.3 Å². The second kappa shape index (κ2) is 8.84. The van der Waals surface area contributed by atoms with Crippen LogP contribution in [0.25, 0.3) is 0 Å². The van der Waals surface area contributed by atoms with Crippen LogP contribution in [0.5, 0.6) is 5.75 Å². The standard InChI is InChI=1S/C17H16Br2N2O3/c1-2-11-3-8-15(14(19)9-11)24-10-16(22)20-21-17(23)12-4-6-13(18)7-5-12/h3-9H,2,10H2,1H3,(H,20,22)(H,21,23). The number of nitrogens with one attached hydrogen (secondary N) is 2. The largest absolute Gasteiger partial charge is 0.483 e. The van der Waals surface area contributed by atoms with Crippen molar-refractivity contribution in [1.82, 2.24) is 10.9 Å². The minimum absolute atomic E-state index is 0.204. The first-order chi connectivity index (χ1) is 11.5. The molecule has 0 bridgehead atoms. The number of hydrogen-bond donors (Lipinski definition) is 2. The van der Waals surface area contributed by atoms with Crippen LogP contribution in [-0.2, 0) is 11.2 Å². The fraction of sp³-hybridized carbons (Fsp3) is 0.176. The van der Waals surface area contributed by atoms with E-state index in [1.807, 2.05) is 12.1 Å². The zero-order valence-corrected chi connectivity index (χ0v) is 16.1. The van der Waals surface area contributed by atoms with Crippen LogP contribution in [0.4, 0.5) is 0 Å². The molecule has 2 aromatic carbocycles. The number of rotatable bonds is 5. The zero-order chi connectivity index (χ0) is 17.5. The molecule has 2 N–H and O–H groups in total. The highest BCUT2D eigenvalue weighted by molar-refractivity contribution is 9.10. The molecule has 126 valence electrons. The van der Waals surface area contributed by atoms with Gasteiger partial charge in [-0.1, -0.05) is 28.9 Å². The summed E-state index contributed by atoms with van der Waals surface area (Å²) in [5.41, 5.74) is 6.27. The quantitative estimate of drug-likeness (QED) is 0.676. The predicted octanol–water partition coefficient (Wildman–Crippen LogP) is 3.61. The maximum absolute atomic E-state index is 11.9. The van der Waals surface area contributed by atoms with Crippen molar-refractivity contribution in [3.63, 3.8) is 0 Å². The van der Waals surface area contributed by atoms with Crippen LogP contribution >= 0.6 is 31.9 Å². The Bertz CT molecular complexity index is 733. The second-order valence-corrected chi connectivity index (χ2v) is 6.69. The lowest BCUT2D eigenvalue weighted by atomic mass is 10.2. The van der Waals surface area contributed by atoms with Crippen LogP contribution in [0.15, 0.2) is 51.4 Å². The SMILES string of the molecule is CCc1ccc(OCC(=O)NNC(=O)c2ccc(Br)cc2)c(Br)c1. The first kappa shape index (κ1) is 18.5. The summed E-state index contributed by atoms with van der Waals surface area (Å²) in [6, 6.07) is 12.5. The Morgan fingerprint density at radius 1 is 1.04 bits per heavy atom. The molecule has 0 radical (unpaired) electrons. The molecule has 0 spiro atoms. The maximum Gasteiger partial charge on any atom is 0.276 e. The Balaban J connectivity index is 1.81. The maximum atomic E-state index is 11.9. The molecule has 0 unspecified atom stereocenters. The minimum Gasteiger partial charge on any atom is -0.483 e. The van der Waals surface area contributed by atoms with Crippen molar-refractivity contribution in [2.75, 3.05) is 6.61 Å². The molecule has 0 atom stereocenters. The summed E-state index contributed by atoms with van der Waals surface area (Å²) in [7, 11) is 0. The molecule has 2 amide bonds. The van der Waals surface area contributed by atoms with Crippen molar-refractivity contribution >= 4 is 43.7 Å². The van der Waals surface area contributed by atoms with Crippen molar-refractivity contribution in [2.24, 2.45) is 0 Å². The fourth-order valence-electron chi connectivity index (χ4n) is 1.86. The first-order valence-electron chi connectivity index (χ1n) is 7.25. The summed E-state index contributed by atoms with van der Waals surface area (Å²) < 4.78 is 7.09. The van der Waals surface area contributed by atoms with Gasteiger partial charge in [0.25, 0.3) is 11.8 Å². The molecule has 2 rings (SSSR count). The van der Waals surface area contributed by atoms with Crippen molar-refractivity contribution < 1.29 is 14.3 Å². The van der Waals surface area contributed by atoms with Gasteiger partial charge in [-0.3, -0.25) is 20.4 Å². The van der Waals surface area contributed by atoms with E-state index in [-0.39, 0.29) is 6.61 Å². The Kier molecular flexibility index (Phi) is 6.81. The van der Waals surface area contributed by atoms with Crippen LogP contribution < -0.4 is 15.6 Å². The van der Waals surface area contributed by atoms with Gasteiger partial charge in [-0.25, -0.2) is 0 Å². The fourth-order valence-corrected chi connectivity index (χ4v) is 2.67. The lowest BCUT2D eigenvalue weighted by Crippen LogP contribution is -2.43. The molecule has 0 aromatic heterocycles. The van der Waals surface area contributed by atoms with E-state index in [1.54, 1.807) is 30.3 Å². The molecule has 0 saturated heterocycles. The van der Waals surface area contributed by atoms with Gasteiger partial charge >= 0.3 is 0 Å². The highest BCUT2D eigenvalue weighted by Gasteiger charge is 2.09. The van der Waals surface area contributed by atoms with E-state index in [1.165, 1.54) is 5.56 Å². The molecule has 7 heteroatoms. The van der Waals surface area contributed by atoms with Gasteiger partial charge in [-0.15, -0.1) is 0 Å². The van der Waals surface area contributed by atoms with Gasteiger partial charge < -0.3 is 4.74 Å². The van der Waals surface area contributed by atoms with E-state index >= 15 is 0 Å². The number of halogens is 2. The van der Waals surface area contributed by atoms with Crippen LogP contribution in [-0.4, -0.2) is 18.4 Å². The average Bonchev–Trinajstić information content (AvgIpc) is 2.59. The number of benzene rings is 2.